The van der Waals surface area contributed by atoms with Crippen molar-refractivity contribution in [1.29, 1.82) is 0 Å². The average molecular weight is 301 g/mol. The van der Waals surface area contributed by atoms with E-state index in [9.17, 15) is 9.90 Å². The first-order valence-electron chi connectivity index (χ1n) is 7.00. The summed E-state index contributed by atoms with van der Waals surface area (Å²) >= 11 is 0. The third-order valence-corrected chi connectivity index (χ3v) is 2.80. The second kappa shape index (κ2) is 8.05. The molecule has 1 unspecified atom stereocenters. The maximum Gasteiger partial charge on any atom is 0.221 e. The third kappa shape index (κ3) is 5.46. The predicted octanol–water partition coefficient (Wildman–Crippen LogP) is 2.46. The molecule has 0 aliphatic heterocycles. The van der Waals surface area contributed by atoms with Crippen molar-refractivity contribution in [3.8, 4) is 11.5 Å². The summed E-state index contributed by atoms with van der Waals surface area (Å²) in [4.78, 5) is 10.9. The second-order valence-corrected chi connectivity index (χ2v) is 4.79. The summed E-state index contributed by atoms with van der Waals surface area (Å²) in [5, 5.41) is 12.5. The van der Waals surface area contributed by atoms with Crippen molar-refractivity contribution in [1.82, 2.24) is 0 Å². The van der Waals surface area contributed by atoms with Gasteiger partial charge in [-0.15, -0.1) is 0 Å². The molecule has 22 heavy (non-hydrogen) atoms. The molecule has 2 aromatic carbocycles. The Morgan fingerprint density at radius 1 is 1.00 bits per heavy atom. The molecule has 2 rings (SSSR count). The van der Waals surface area contributed by atoms with Crippen LogP contribution in [-0.4, -0.2) is 30.3 Å². The Bertz CT molecular complexity index is 583. The topological polar surface area (TPSA) is 67.8 Å². The molecule has 0 aliphatic carbocycles. The first kappa shape index (κ1) is 15.9. The number of aliphatic hydroxyl groups is 1. The van der Waals surface area contributed by atoms with Gasteiger partial charge in [0.1, 0.15) is 30.8 Å². The van der Waals surface area contributed by atoms with Gasteiger partial charge in [0.2, 0.25) is 5.91 Å². The summed E-state index contributed by atoms with van der Waals surface area (Å²) in [5.74, 6) is 1.20. The van der Waals surface area contributed by atoms with Crippen LogP contribution in [0.2, 0.25) is 0 Å². The second-order valence-electron chi connectivity index (χ2n) is 4.79. The van der Waals surface area contributed by atoms with Gasteiger partial charge in [0.15, 0.2) is 0 Å². The first-order chi connectivity index (χ1) is 10.6. The van der Waals surface area contributed by atoms with Gasteiger partial charge in [-0.2, -0.15) is 0 Å². The van der Waals surface area contributed by atoms with Gasteiger partial charge in [0, 0.05) is 12.6 Å². The number of nitrogens with one attached hydrogen (secondary N) is 1. The molecular weight excluding hydrogens is 282 g/mol. The maximum atomic E-state index is 10.9. The molecule has 0 fully saturated rings. The Kier molecular flexibility index (Phi) is 5.80. The van der Waals surface area contributed by atoms with Gasteiger partial charge in [0.05, 0.1) is 0 Å². The number of ether oxygens (including phenoxy) is 2. The number of hydrogen-bond donors (Lipinski definition) is 2. The van der Waals surface area contributed by atoms with E-state index in [0.29, 0.717) is 17.2 Å². The molecule has 2 aromatic rings. The van der Waals surface area contributed by atoms with Crippen LogP contribution in [0.25, 0.3) is 0 Å². The molecule has 0 radical (unpaired) electrons. The van der Waals surface area contributed by atoms with Crippen molar-refractivity contribution in [2.75, 3.05) is 18.5 Å². The average Bonchev–Trinajstić information content (AvgIpc) is 2.53. The van der Waals surface area contributed by atoms with Crippen LogP contribution in [-0.2, 0) is 4.79 Å². The fraction of sp³-hybridized carbons (Fsp3) is 0.235. The Morgan fingerprint density at radius 2 is 1.55 bits per heavy atom. The van der Waals surface area contributed by atoms with E-state index in [1.54, 1.807) is 24.3 Å². The molecule has 0 bridgehead atoms. The highest BCUT2D eigenvalue weighted by molar-refractivity contribution is 5.88. The van der Waals surface area contributed by atoms with E-state index in [4.69, 9.17) is 9.47 Å². The van der Waals surface area contributed by atoms with Gasteiger partial charge in [-0.3, -0.25) is 4.79 Å². The summed E-state index contributed by atoms with van der Waals surface area (Å²) in [6.07, 6.45) is -0.727. The zero-order valence-electron chi connectivity index (χ0n) is 12.4. The Balaban J connectivity index is 1.73. The molecular formula is C17H19NO4. The monoisotopic (exact) mass is 301 g/mol. The van der Waals surface area contributed by atoms with Gasteiger partial charge in [-0.25, -0.2) is 0 Å². The van der Waals surface area contributed by atoms with Crippen LogP contribution in [0.15, 0.2) is 54.6 Å². The standard InChI is InChI=1S/C17H19NO4/c1-13(19)18-14-7-9-17(10-8-14)22-12-15(20)11-21-16-5-3-2-4-6-16/h2-10,15,20H,11-12H2,1H3,(H,18,19). The van der Waals surface area contributed by atoms with Crippen LogP contribution in [0.5, 0.6) is 11.5 Å². The minimum absolute atomic E-state index is 0.123. The zero-order valence-corrected chi connectivity index (χ0v) is 12.4. The Labute approximate surface area is 129 Å². The van der Waals surface area contributed by atoms with Crippen molar-refractivity contribution in [2.45, 2.75) is 13.0 Å². The molecule has 2 N–H and O–H groups in total. The normalized spacial score (nSPS) is 11.5. The van der Waals surface area contributed by atoms with E-state index in [-0.39, 0.29) is 19.1 Å². The quantitative estimate of drug-likeness (QED) is 0.824. The van der Waals surface area contributed by atoms with Crippen molar-refractivity contribution < 1.29 is 19.4 Å². The minimum atomic E-state index is -0.727. The summed E-state index contributed by atoms with van der Waals surface area (Å²) in [6, 6.07) is 16.2. The Morgan fingerprint density at radius 3 is 2.09 bits per heavy atom. The summed E-state index contributed by atoms with van der Waals surface area (Å²) in [7, 11) is 0. The lowest BCUT2D eigenvalue weighted by Gasteiger charge is -2.14. The van der Waals surface area contributed by atoms with E-state index in [0.717, 1.165) is 0 Å². The number of carbonyl (C=O) groups is 1. The number of carbonyl (C=O) groups excluding carboxylic acids is 1. The molecule has 0 saturated heterocycles. The highest BCUT2D eigenvalue weighted by Gasteiger charge is 2.07. The number of amides is 1. The minimum Gasteiger partial charge on any atom is -0.491 e. The van der Waals surface area contributed by atoms with Crippen LogP contribution >= 0.6 is 0 Å². The molecule has 5 heteroatoms. The summed E-state index contributed by atoms with van der Waals surface area (Å²) < 4.78 is 10.9. The molecule has 0 aliphatic rings. The lowest BCUT2D eigenvalue weighted by Crippen LogP contribution is -2.25. The summed E-state index contributed by atoms with van der Waals surface area (Å²) in [5.41, 5.74) is 0.702. The molecule has 0 spiro atoms. The van der Waals surface area contributed by atoms with Gasteiger partial charge in [-0.1, -0.05) is 18.2 Å². The van der Waals surface area contributed by atoms with Crippen molar-refractivity contribution in [3.05, 3.63) is 54.6 Å². The number of rotatable bonds is 7. The van der Waals surface area contributed by atoms with Crippen molar-refractivity contribution >= 4 is 11.6 Å². The van der Waals surface area contributed by atoms with Crippen LogP contribution in [0, 0.1) is 0 Å². The van der Waals surface area contributed by atoms with Crippen LogP contribution < -0.4 is 14.8 Å². The number of anilines is 1. The largest absolute Gasteiger partial charge is 0.491 e. The van der Waals surface area contributed by atoms with Gasteiger partial charge >= 0.3 is 0 Å². The molecule has 116 valence electrons. The Hall–Kier alpha value is -2.53. The number of benzene rings is 2. The predicted molar refractivity (Wildman–Crippen MR) is 84.2 cm³/mol. The molecule has 0 saturated carbocycles. The van der Waals surface area contributed by atoms with Crippen molar-refractivity contribution in [3.63, 3.8) is 0 Å². The fourth-order valence-corrected chi connectivity index (χ4v) is 1.79. The van der Waals surface area contributed by atoms with Gasteiger partial charge in [-0.05, 0) is 36.4 Å². The smallest absolute Gasteiger partial charge is 0.221 e. The van der Waals surface area contributed by atoms with E-state index in [1.165, 1.54) is 6.92 Å². The molecule has 1 atom stereocenters. The zero-order chi connectivity index (χ0) is 15.8. The van der Waals surface area contributed by atoms with E-state index in [1.807, 2.05) is 30.3 Å². The molecule has 0 heterocycles. The van der Waals surface area contributed by atoms with Gasteiger partial charge in [0.25, 0.3) is 0 Å². The lowest BCUT2D eigenvalue weighted by molar-refractivity contribution is -0.114. The van der Waals surface area contributed by atoms with Crippen LogP contribution in [0.3, 0.4) is 0 Å². The number of hydrogen-bond acceptors (Lipinski definition) is 4. The van der Waals surface area contributed by atoms with Gasteiger partial charge < -0.3 is 19.9 Å². The van der Waals surface area contributed by atoms with E-state index in [2.05, 4.69) is 5.32 Å². The maximum absolute atomic E-state index is 10.9. The van der Waals surface area contributed by atoms with Crippen LogP contribution in [0.1, 0.15) is 6.92 Å². The third-order valence-electron chi connectivity index (χ3n) is 2.80. The van der Waals surface area contributed by atoms with Crippen LogP contribution in [0.4, 0.5) is 5.69 Å². The number of para-hydroxylation sites is 1. The van der Waals surface area contributed by atoms with Crippen molar-refractivity contribution in [2.24, 2.45) is 0 Å². The SMILES string of the molecule is CC(=O)Nc1ccc(OCC(O)COc2ccccc2)cc1. The molecule has 1 amide bonds. The fourth-order valence-electron chi connectivity index (χ4n) is 1.79. The lowest BCUT2D eigenvalue weighted by atomic mass is 10.3. The molecule has 5 nitrogen and oxygen atoms in total. The summed E-state index contributed by atoms with van der Waals surface area (Å²) in [6.45, 7) is 1.74. The van der Waals surface area contributed by atoms with E-state index < -0.39 is 6.10 Å². The number of aliphatic hydroxyl groups excluding tert-OH is 1. The highest BCUT2D eigenvalue weighted by atomic mass is 16.5. The van der Waals surface area contributed by atoms with E-state index >= 15 is 0 Å². The first-order valence-corrected chi connectivity index (χ1v) is 7.00. The molecule has 0 aromatic heterocycles. The highest BCUT2D eigenvalue weighted by Crippen LogP contribution is 2.16.